The molecule has 0 aliphatic heterocycles. The molecule has 19 heavy (non-hydrogen) atoms. The van der Waals surface area contributed by atoms with Gasteiger partial charge in [-0.1, -0.05) is 0 Å². The lowest BCUT2D eigenvalue weighted by molar-refractivity contribution is 0.294. The van der Waals surface area contributed by atoms with Gasteiger partial charge in [-0.05, 0) is 69.0 Å². The molecule has 1 aromatic carbocycles. The van der Waals surface area contributed by atoms with Gasteiger partial charge in [-0.3, -0.25) is 0 Å². The number of nitrogens with two attached hydrogens (primary N) is 1. The molecule has 1 aromatic rings. The summed E-state index contributed by atoms with van der Waals surface area (Å²) < 4.78 is 5.42. The van der Waals surface area contributed by atoms with Crippen LogP contribution in [0.1, 0.15) is 35.1 Å². The van der Waals surface area contributed by atoms with Crippen molar-refractivity contribution < 1.29 is 4.74 Å². The first kappa shape index (κ1) is 14.4. The zero-order chi connectivity index (χ0) is 14.2. The van der Waals surface area contributed by atoms with Crippen molar-refractivity contribution in [1.29, 1.82) is 0 Å². The Labute approximate surface area is 116 Å². The van der Waals surface area contributed by atoms with E-state index in [1.54, 1.807) is 7.11 Å². The number of aryl methyl sites for hydroxylation is 1. The SMILES string of the molecule is COc1cc(C)c(CN(C)CC2(N)CC2)c(C)c1C. The van der Waals surface area contributed by atoms with Crippen LogP contribution >= 0.6 is 0 Å². The van der Waals surface area contributed by atoms with Crippen molar-refractivity contribution in [2.75, 3.05) is 20.7 Å². The molecule has 1 saturated carbocycles. The van der Waals surface area contributed by atoms with Gasteiger partial charge < -0.3 is 15.4 Å². The molecule has 1 aliphatic rings. The van der Waals surface area contributed by atoms with Crippen molar-refractivity contribution in [3.63, 3.8) is 0 Å². The minimum Gasteiger partial charge on any atom is -0.496 e. The van der Waals surface area contributed by atoms with Crippen molar-refractivity contribution in [2.24, 2.45) is 5.73 Å². The summed E-state index contributed by atoms with van der Waals surface area (Å²) in [5, 5.41) is 0. The Kier molecular flexibility index (Phi) is 3.88. The maximum absolute atomic E-state index is 6.19. The van der Waals surface area contributed by atoms with Gasteiger partial charge in [-0.15, -0.1) is 0 Å². The number of nitrogens with zero attached hydrogens (tertiary/aromatic N) is 1. The highest BCUT2D eigenvalue weighted by molar-refractivity contribution is 5.48. The van der Waals surface area contributed by atoms with Gasteiger partial charge in [-0.2, -0.15) is 0 Å². The van der Waals surface area contributed by atoms with Gasteiger partial charge in [-0.25, -0.2) is 0 Å². The summed E-state index contributed by atoms with van der Waals surface area (Å²) in [7, 11) is 3.89. The lowest BCUT2D eigenvalue weighted by Crippen LogP contribution is -2.37. The third-order valence-corrected chi connectivity index (χ3v) is 4.33. The summed E-state index contributed by atoms with van der Waals surface area (Å²) in [6.07, 6.45) is 2.33. The molecule has 0 amide bonds. The van der Waals surface area contributed by atoms with Crippen LogP contribution in [-0.2, 0) is 6.54 Å². The molecule has 2 N–H and O–H groups in total. The van der Waals surface area contributed by atoms with E-state index in [0.717, 1.165) is 31.7 Å². The maximum Gasteiger partial charge on any atom is 0.122 e. The molecule has 0 bridgehead atoms. The van der Waals surface area contributed by atoms with E-state index in [2.05, 4.69) is 38.8 Å². The topological polar surface area (TPSA) is 38.5 Å². The minimum absolute atomic E-state index is 0.0814. The molecule has 0 radical (unpaired) electrons. The molecule has 0 aromatic heterocycles. The second kappa shape index (κ2) is 5.14. The van der Waals surface area contributed by atoms with Crippen molar-refractivity contribution in [1.82, 2.24) is 4.90 Å². The van der Waals surface area contributed by atoms with Gasteiger partial charge in [0, 0.05) is 18.6 Å². The van der Waals surface area contributed by atoms with Crippen LogP contribution in [0.15, 0.2) is 6.07 Å². The second-order valence-corrected chi connectivity index (χ2v) is 6.16. The number of rotatable bonds is 5. The molecule has 0 spiro atoms. The van der Waals surface area contributed by atoms with Gasteiger partial charge in [0.2, 0.25) is 0 Å². The summed E-state index contributed by atoms with van der Waals surface area (Å²) in [6.45, 7) is 8.41. The maximum atomic E-state index is 6.19. The van der Waals surface area contributed by atoms with Crippen molar-refractivity contribution in [3.05, 3.63) is 28.3 Å². The lowest BCUT2D eigenvalue weighted by atomic mass is 9.97. The number of hydrogen-bond acceptors (Lipinski definition) is 3. The van der Waals surface area contributed by atoms with E-state index >= 15 is 0 Å². The number of hydrogen-bond donors (Lipinski definition) is 1. The van der Waals surface area contributed by atoms with Gasteiger partial charge >= 0.3 is 0 Å². The van der Waals surface area contributed by atoms with E-state index in [9.17, 15) is 0 Å². The van der Waals surface area contributed by atoms with E-state index in [1.807, 2.05) is 0 Å². The minimum atomic E-state index is 0.0814. The zero-order valence-corrected chi connectivity index (χ0v) is 12.8. The summed E-state index contributed by atoms with van der Waals surface area (Å²) in [4.78, 5) is 2.34. The molecule has 1 aliphatic carbocycles. The lowest BCUT2D eigenvalue weighted by Gasteiger charge is -2.24. The van der Waals surface area contributed by atoms with E-state index < -0.39 is 0 Å². The molecule has 0 unspecified atom stereocenters. The number of ether oxygens (including phenoxy) is 1. The molecule has 3 nitrogen and oxygen atoms in total. The van der Waals surface area contributed by atoms with Crippen LogP contribution in [0.3, 0.4) is 0 Å². The van der Waals surface area contributed by atoms with Crippen LogP contribution in [0.2, 0.25) is 0 Å². The Hall–Kier alpha value is -1.06. The number of benzene rings is 1. The Morgan fingerprint density at radius 1 is 1.26 bits per heavy atom. The van der Waals surface area contributed by atoms with Crippen LogP contribution in [-0.4, -0.2) is 31.1 Å². The second-order valence-electron chi connectivity index (χ2n) is 6.16. The highest BCUT2D eigenvalue weighted by atomic mass is 16.5. The first-order chi connectivity index (χ1) is 8.86. The van der Waals surface area contributed by atoms with Gasteiger partial charge in [0.05, 0.1) is 7.11 Å². The Morgan fingerprint density at radius 2 is 1.89 bits per heavy atom. The van der Waals surface area contributed by atoms with Gasteiger partial charge in [0.1, 0.15) is 5.75 Å². The fourth-order valence-corrected chi connectivity index (χ4v) is 2.74. The standard InChI is InChI=1S/C16H26N2O/c1-11-8-15(19-5)13(3)12(2)14(11)9-18(4)10-16(17)6-7-16/h8H,6-7,9-10,17H2,1-5H3. The molecule has 0 atom stereocenters. The van der Waals surface area contributed by atoms with Crippen LogP contribution in [0, 0.1) is 20.8 Å². The predicted octanol–water partition coefficient (Wildman–Crippen LogP) is 2.54. The van der Waals surface area contributed by atoms with Crippen LogP contribution < -0.4 is 10.5 Å². The average Bonchev–Trinajstić information content (AvgIpc) is 3.06. The smallest absolute Gasteiger partial charge is 0.122 e. The third kappa shape index (κ3) is 3.10. The summed E-state index contributed by atoms with van der Waals surface area (Å²) in [5.74, 6) is 0.985. The molecular formula is C16H26N2O. The third-order valence-electron chi connectivity index (χ3n) is 4.33. The highest BCUT2D eigenvalue weighted by Gasteiger charge is 2.38. The summed E-state index contributed by atoms with van der Waals surface area (Å²) in [5.41, 5.74) is 11.6. The predicted molar refractivity (Wildman–Crippen MR) is 79.7 cm³/mol. The molecule has 0 heterocycles. The molecule has 3 heteroatoms. The van der Waals surface area contributed by atoms with Crippen LogP contribution in [0.4, 0.5) is 0 Å². The monoisotopic (exact) mass is 262 g/mol. The molecule has 106 valence electrons. The first-order valence-electron chi connectivity index (χ1n) is 6.97. The molecule has 1 fully saturated rings. The first-order valence-corrected chi connectivity index (χ1v) is 6.97. The number of likely N-dealkylation sites (N-methyl/N-ethyl adjacent to an activating group) is 1. The van der Waals surface area contributed by atoms with E-state index in [4.69, 9.17) is 10.5 Å². The largest absolute Gasteiger partial charge is 0.496 e. The normalized spacial score (nSPS) is 16.8. The quantitative estimate of drug-likeness (QED) is 0.886. The van der Waals surface area contributed by atoms with Crippen LogP contribution in [0.5, 0.6) is 5.75 Å². The Morgan fingerprint density at radius 3 is 2.42 bits per heavy atom. The fraction of sp³-hybridized carbons (Fsp3) is 0.625. The molecule has 2 rings (SSSR count). The van der Waals surface area contributed by atoms with Gasteiger partial charge in [0.15, 0.2) is 0 Å². The van der Waals surface area contributed by atoms with E-state index in [0.29, 0.717) is 0 Å². The Bertz CT molecular complexity index is 478. The van der Waals surface area contributed by atoms with Crippen molar-refractivity contribution >= 4 is 0 Å². The fourth-order valence-electron chi connectivity index (χ4n) is 2.74. The molecule has 0 saturated heterocycles. The zero-order valence-electron chi connectivity index (χ0n) is 12.8. The summed E-state index contributed by atoms with van der Waals surface area (Å²) in [6, 6.07) is 2.14. The van der Waals surface area contributed by atoms with E-state index in [1.165, 1.54) is 22.3 Å². The highest BCUT2D eigenvalue weighted by Crippen LogP contribution is 2.34. The summed E-state index contributed by atoms with van der Waals surface area (Å²) >= 11 is 0. The average molecular weight is 262 g/mol. The van der Waals surface area contributed by atoms with E-state index in [-0.39, 0.29) is 5.54 Å². The van der Waals surface area contributed by atoms with Crippen LogP contribution in [0.25, 0.3) is 0 Å². The van der Waals surface area contributed by atoms with Gasteiger partial charge in [0.25, 0.3) is 0 Å². The van der Waals surface area contributed by atoms with Crippen molar-refractivity contribution in [3.8, 4) is 5.75 Å². The van der Waals surface area contributed by atoms with Crippen molar-refractivity contribution in [2.45, 2.75) is 45.7 Å². The Balaban J connectivity index is 2.17. The number of methoxy groups -OCH3 is 1. The molecular weight excluding hydrogens is 236 g/mol.